The lowest BCUT2D eigenvalue weighted by Gasteiger charge is -2.22. The van der Waals surface area contributed by atoms with Crippen molar-refractivity contribution in [1.82, 2.24) is 25.1 Å². The Kier molecular flexibility index (Phi) is 4.69. The van der Waals surface area contributed by atoms with E-state index in [2.05, 4.69) is 27.3 Å². The van der Waals surface area contributed by atoms with Gasteiger partial charge in [0, 0.05) is 29.7 Å². The molecule has 1 fully saturated rings. The monoisotopic (exact) mass is 323 g/mol. The second-order valence-electron chi connectivity index (χ2n) is 5.65. The standard InChI is InChI=1S/C15H19ClFN5/c1-2-8-22-15(18-19-20-22)10-21(11-6-7-11)9-12-13(16)4-3-5-14(12)17/h3-5,11H,2,6-10H2,1H3. The summed E-state index contributed by atoms with van der Waals surface area (Å²) in [6, 6.07) is 5.27. The molecule has 1 aliphatic carbocycles. The minimum absolute atomic E-state index is 0.258. The molecule has 0 atom stereocenters. The van der Waals surface area contributed by atoms with Gasteiger partial charge < -0.3 is 0 Å². The average Bonchev–Trinajstić information content (AvgIpc) is 3.25. The Morgan fingerprint density at radius 1 is 1.36 bits per heavy atom. The van der Waals surface area contributed by atoms with Gasteiger partial charge in [-0.3, -0.25) is 4.90 Å². The molecule has 1 aromatic carbocycles. The summed E-state index contributed by atoms with van der Waals surface area (Å²) in [7, 11) is 0. The third-order valence-electron chi connectivity index (χ3n) is 3.87. The van der Waals surface area contributed by atoms with E-state index in [1.54, 1.807) is 12.1 Å². The first kappa shape index (κ1) is 15.4. The van der Waals surface area contributed by atoms with Crippen LogP contribution in [-0.2, 0) is 19.6 Å². The lowest BCUT2D eigenvalue weighted by Crippen LogP contribution is -2.27. The van der Waals surface area contributed by atoms with Gasteiger partial charge in [0.25, 0.3) is 0 Å². The van der Waals surface area contributed by atoms with Gasteiger partial charge in [-0.2, -0.15) is 0 Å². The molecule has 0 N–H and O–H groups in total. The number of halogens is 2. The minimum atomic E-state index is -0.258. The van der Waals surface area contributed by atoms with Crippen molar-refractivity contribution >= 4 is 11.6 Å². The lowest BCUT2D eigenvalue weighted by atomic mass is 10.2. The molecule has 0 bridgehead atoms. The molecule has 0 amide bonds. The number of nitrogens with zero attached hydrogens (tertiary/aromatic N) is 5. The number of tetrazole rings is 1. The summed E-state index contributed by atoms with van der Waals surface area (Å²) >= 11 is 6.15. The first-order chi connectivity index (χ1) is 10.7. The van der Waals surface area contributed by atoms with Crippen molar-refractivity contribution in [2.75, 3.05) is 0 Å². The van der Waals surface area contributed by atoms with Crippen LogP contribution in [0.5, 0.6) is 0 Å². The van der Waals surface area contributed by atoms with E-state index in [0.717, 1.165) is 31.6 Å². The van der Waals surface area contributed by atoms with Crippen LogP contribution in [0.3, 0.4) is 0 Å². The van der Waals surface area contributed by atoms with E-state index in [4.69, 9.17) is 11.6 Å². The molecule has 1 heterocycles. The SMILES string of the molecule is CCCn1nnnc1CN(Cc1c(F)cccc1Cl)C1CC1. The van der Waals surface area contributed by atoms with Crippen LogP contribution in [0.15, 0.2) is 18.2 Å². The third kappa shape index (κ3) is 3.44. The maximum atomic E-state index is 14.0. The van der Waals surface area contributed by atoms with Crippen LogP contribution in [0.1, 0.15) is 37.6 Å². The average molecular weight is 324 g/mol. The van der Waals surface area contributed by atoms with E-state index >= 15 is 0 Å². The zero-order chi connectivity index (χ0) is 15.5. The maximum Gasteiger partial charge on any atom is 0.165 e. The Labute approximate surface area is 134 Å². The highest BCUT2D eigenvalue weighted by molar-refractivity contribution is 6.31. The number of benzene rings is 1. The Bertz CT molecular complexity index is 620. The highest BCUT2D eigenvalue weighted by Crippen LogP contribution is 2.31. The van der Waals surface area contributed by atoms with Crippen LogP contribution in [0.2, 0.25) is 5.02 Å². The fourth-order valence-electron chi connectivity index (χ4n) is 2.54. The molecule has 1 aliphatic rings. The van der Waals surface area contributed by atoms with Crippen molar-refractivity contribution < 1.29 is 4.39 Å². The van der Waals surface area contributed by atoms with Crippen molar-refractivity contribution in [3.05, 3.63) is 40.4 Å². The predicted molar refractivity (Wildman–Crippen MR) is 81.8 cm³/mol. The molecule has 1 saturated carbocycles. The molecule has 0 aliphatic heterocycles. The fraction of sp³-hybridized carbons (Fsp3) is 0.533. The first-order valence-electron chi connectivity index (χ1n) is 7.61. The van der Waals surface area contributed by atoms with E-state index in [1.165, 1.54) is 6.07 Å². The van der Waals surface area contributed by atoms with Gasteiger partial charge in [-0.15, -0.1) is 5.10 Å². The molecular weight excluding hydrogens is 305 g/mol. The van der Waals surface area contributed by atoms with Crippen molar-refractivity contribution in [3.63, 3.8) is 0 Å². The Morgan fingerprint density at radius 2 is 2.18 bits per heavy atom. The molecule has 1 aromatic heterocycles. The molecule has 5 nitrogen and oxygen atoms in total. The molecule has 0 radical (unpaired) electrons. The number of hydrogen-bond donors (Lipinski definition) is 0. The second kappa shape index (κ2) is 6.71. The Hall–Kier alpha value is -1.53. The van der Waals surface area contributed by atoms with E-state index in [-0.39, 0.29) is 5.82 Å². The first-order valence-corrected chi connectivity index (χ1v) is 7.98. The van der Waals surface area contributed by atoms with E-state index < -0.39 is 0 Å². The Morgan fingerprint density at radius 3 is 2.86 bits per heavy atom. The minimum Gasteiger partial charge on any atom is -0.288 e. The lowest BCUT2D eigenvalue weighted by molar-refractivity contribution is 0.231. The van der Waals surface area contributed by atoms with E-state index in [9.17, 15) is 4.39 Å². The van der Waals surface area contributed by atoms with Gasteiger partial charge in [-0.25, -0.2) is 9.07 Å². The largest absolute Gasteiger partial charge is 0.288 e. The van der Waals surface area contributed by atoms with Crippen LogP contribution in [0.4, 0.5) is 4.39 Å². The van der Waals surface area contributed by atoms with Gasteiger partial charge in [0.1, 0.15) is 5.82 Å². The highest BCUT2D eigenvalue weighted by atomic mass is 35.5. The molecule has 3 rings (SSSR count). The smallest absolute Gasteiger partial charge is 0.165 e. The van der Waals surface area contributed by atoms with Gasteiger partial charge in [-0.05, 0) is 41.8 Å². The third-order valence-corrected chi connectivity index (χ3v) is 4.23. The van der Waals surface area contributed by atoms with E-state index in [1.807, 2.05) is 4.68 Å². The van der Waals surface area contributed by atoms with Crippen LogP contribution >= 0.6 is 11.6 Å². The van der Waals surface area contributed by atoms with Crippen LogP contribution in [0, 0.1) is 5.82 Å². The molecular formula is C15H19ClFN5. The molecule has 118 valence electrons. The summed E-state index contributed by atoms with van der Waals surface area (Å²) in [6.45, 7) is 3.97. The zero-order valence-corrected chi connectivity index (χ0v) is 13.3. The zero-order valence-electron chi connectivity index (χ0n) is 12.5. The molecule has 7 heteroatoms. The normalized spacial score (nSPS) is 14.7. The molecule has 0 saturated heterocycles. The summed E-state index contributed by atoms with van der Waals surface area (Å²) < 4.78 is 15.8. The summed E-state index contributed by atoms with van der Waals surface area (Å²) in [5.41, 5.74) is 0.547. The summed E-state index contributed by atoms with van der Waals surface area (Å²) in [5, 5.41) is 12.3. The topological polar surface area (TPSA) is 46.8 Å². The fourth-order valence-corrected chi connectivity index (χ4v) is 2.77. The van der Waals surface area contributed by atoms with Gasteiger partial charge in [0.05, 0.1) is 6.54 Å². The van der Waals surface area contributed by atoms with Crippen molar-refractivity contribution in [1.29, 1.82) is 0 Å². The quantitative estimate of drug-likeness (QED) is 0.785. The van der Waals surface area contributed by atoms with Crippen LogP contribution in [-0.4, -0.2) is 31.1 Å². The molecule has 2 aromatic rings. The Balaban J connectivity index is 1.77. The van der Waals surface area contributed by atoms with Gasteiger partial charge in [-0.1, -0.05) is 24.6 Å². The van der Waals surface area contributed by atoms with Crippen molar-refractivity contribution in [3.8, 4) is 0 Å². The predicted octanol–water partition coefficient (Wildman–Crippen LogP) is 3.04. The summed E-state index contributed by atoms with van der Waals surface area (Å²) in [5.74, 6) is 0.563. The van der Waals surface area contributed by atoms with Crippen molar-refractivity contribution in [2.24, 2.45) is 0 Å². The summed E-state index contributed by atoms with van der Waals surface area (Å²) in [4.78, 5) is 2.21. The number of hydrogen-bond acceptors (Lipinski definition) is 4. The summed E-state index contributed by atoms with van der Waals surface area (Å²) in [6.07, 6.45) is 3.23. The number of aromatic nitrogens is 4. The van der Waals surface area contributed by atoms with Gasteiger partial charge >= 0.3 is 0 Å². The van der Waals surface area contributed by atoms with Gasteiger partial charge in [0.15, 0.2) is 5.82 Å². The van der Waals surface area contributed by atoms with Crippen LogP contribution in [0.25, 0.3) is 0 Å². The highest BCUT2D eigenvalue weighted by Gasteiger charge is 2.31. The number of aryl methyl sites for hydroxylation is 1. The maximum absolute atomic E-state index is 14.0. The van der Waals surface area contributed by atoms with E-state index in [0.29, 0.717) is 29.7 Å². The second-order valence-corrected chi connectivity index (χ2v) is 6.06. The van der Waals surface area contributed by atoms with Crippen molar-refractivity contribution in [2.45, 2.75) is 51.9 Å². The van der Waals surface area contributed by atoms with Gasteiger partial charge in [0.2, 0.25) is 0 Å². The molecule has 22 heavy (non-hydrogen) atoms. The molecule has 0 unspecified atom stereocenters. The molecule has 0 spiro atoms. The van der Waals surface area contributed by atoms with Crippen LogP contribution < -0.4 is 0 Å². The number of rotatable bonds is 7.